The van der Waals surface area contributed by atoms with Crippen LogP contribution in [0, 0.1) is 0 Å². The first-order chi connectivity index (χ1) is 7.86. The minimum Gasteiger partial charge on any atom is -0.495 e. The van der Waals surface area contributed by atoms with Crippen LogP contribution in [0.25, 0.3) is 0 Å². The minimum absolute atomic E-state index is 0.456. The smallest absolute Gasteiger partial charge is 0.340 e. The molecule has 0 aliphatic rings. The Balaban J connectivity index is 3.49. The molecule has 0 saturated heterocycles. The van der Waals surface area contributed by atoms with Gasteiger partial charge in [0.05, 0.1) is 12.4 Å². The summed E-state index contributed by atoms with van der Waals surface area (Å²) in [5.74, 6) is -4.12. The fraction of sp³-hybridized carbons (Fsp3) is 0.818. The Morgan fingerprint density at radius 3 is 2.35 bits per heavy atom. The average molecular weight is 260 g/mol. The third-order valence-corrected chi connectivity index (χ3v) is 2.01. The zero-order chi connectivity index (χ0) is 13.3. The molecule has 0 fully saturated rings. The average Bonchev–Trinajstić information content (AvgIpc) is 2.21. The van der Waals surface area contributed by atoms with Crippen LogP contribution < -0.4 is 0 Å². The number of hydrogen-bond acceptors (Lipinski definition) is 1. The number of halogens is 5. The van der Waals surface area contributed by atoms with Gasteiger partial charge in [0.2, 0.25) is 0 Å². The summed E-state index contributed by atoms with van der Waals surface area (Å²) in [7, 11) is 0. The van der Waals surface area contributed by atoms with E-state index in [2.05, 4.69) is 4.74 Å². The number of ether oxygens (including phenoxy) is 1. The van der Waals surface area contributed by atoms with E-state index in [4.69, 9.17) is 0 Å². The SMILES string of the molecule is CC(F)CCCCC=COCC(F)(F)C(F)F. The first-order valence-electron chi connectivity index (χ1n) is 5.43. The van der Waals surface area contributed by atoms with Crippen LogP contribution in [0.15, 0.2) is 12.3 Å². The Labute approximate surface area is 97.6 Å². The molecule has 0 aliphatic carbocycles. The molecule has 1 nitrogen and oxygen atoms in total. The van der Waals surface area contributed by atoms with Crippen LogP contribution in [-0.4, -0.2) is 25.1 Å². The molecule has 0 bridgehead atoms. The van der Waals surface area contributed by atoms with Crippen molar-refractivity contribution < 1.29 is 26.7 Å². The first-order valence-corrected chi connectivity index (χ1v) is 5.43. The third kappa shape index (κ3) is 8.94. The maximum atomic E-state index is 12.3. The summed E-state index contributed by atoms with van der Waals surface area (Å²) in [6.07, 6.45) is 0.279. The molecule has 102 valence electrons. The van der Waals surface area contributed by atoms with Crippen molar-refractivity contribution in [3.8, 4) is 0 Å². The molecule has 0 saturated carbocycles. The highest BCUT2D eigenvalue weighted by atomic mass is 19.3. The lowest BCUT2D eigenvalue weighted by Crippen LogP contribution is -2.31. The van der Waals surface area contributed by atoms with Gasteiger partial charge in [0.1, 0.15) is 0 Å². The predicted octanol–water partition coefficient (Wildman–Crippen LogP) is 4.34. The number of hydrogen-bond donors (Lipinski definition) is 0. The zero-order valence-electron chi connectivity index (χ0n) is 9.64. The zero-order valence-corrected chi connectivity index (χ0v) is 9.64. The second-order valence-corrected chi connectivity index (χ2v) is 3.81. The van der Waals surface area contributed by atoms with E-state index in [9.17, 15) is 22.0 Å². The van der Waals surface area contributed by atoms with Gasteiger partial charge in [-0.25, -0.2) is 13.2 Å². The van der Waals surface area contributed by atoms with Crippen LogP contribution in [0.2, 0.25) is 0 Å². The summed E-state index contributed by atoms with van der Waals surface area (Å²) in [5.41, 5.74) is 0. The molecule has 6 heteroatoms. The highest BCUT2D eigenvalue weighted by Gasteiger charge is 2.41. The predicted molar refractivity (Wildman–Crippen MR) is 55.1 cm³/mol. The quantitative estimate of drug-likeness (QED) is 0.340. The summed E-state index contributed by atoms with van der Waals surface area (Å²) in [4.78, 5) is 0. The van der Waals surface area contributed by atoms with Crippen LogP contribution in [0.5, 0.6) is 0 Å². The lowest BCUT2D eigenvalue weighted by Gasteiger charge is -2.13. The molecular weight excluding hydrogens is 243 g/mol. The number of unbranched alkanes of at least 4 members (excludes halogenated alkanes) is 2. The summed E-state index contributed by atoms with van der Waals surface area (Å²) in [6, 6.07) is 0. The maximum Gasteiger partial charge on any atom is 0.340 e. The molecule has 0 rings (SSSR count). The third-order valence-electron chi connectivity index (χ3n) is 2.01. The normalized spacial score (nSPS) is 14.5. The summed E-state index contributed by atoms with van der Waals surface area (Å²) in [5, 5.41) is 0. The van der Waals surface area contributed by atoms with E-state index < -0.39 is 25.1 Å². The topological polar surface area (TPSA) is 9.23 Å². The molecule has 0 N–H and O–H groups in total. The molecule has 17 heavy (non-hydrogen) atoms. The van der Waals surface area contributed by atoms with E-state index in [0.717, 1.165) is 6.26 Å². The summed E-state index contributed by atoms with van der Waals surface area (Å²) < 4.78 is 64.6. The Bertz CT molecular complexity index is 216. The van der Waals surface area contributed by atoms with Crippen molar-refractivity contribution in [1.82, 2.24) is 0 Å². The van der Waals surface area contributed by atoms with Gasteiger partial charge in [0.15, 0.2) is 6.61 Å². The van der Waals surface area contributed by atoms with Gasteiger partial charge in [0, 0.05) is 0 Å². The van der Waals surface area contributed by atoms with Gasteiger partial charge in [-0.15, -0.1) is 0 Å². The number of rotatable bonds is 9. The highest BCUT2D eigenvalue weighted by Crippen LogP contribution is 2.22. The van der Waals surface area contributed by atoms with Gasteiger partial charge in [-0.2, -0.15) is 8.78 Å². The van der Waals surface area contributed by atoms with Crippen LogP contribution >= 0.6 is 0 Å². The van der Waals surface area contributed by atoms with Gasteiger partial charge in [-0.1, -0.05) is 6.42 Å². The Morgan fingerprint density at radius 1 is 1.18 bits per heavy atom. The summed E-state index contributed by atoms with van der Waals surface area (Å²) >= 11 is 0. The molecule has 1 atom stereocenters. The van der Waals surface area contributed by atoms with Gasteiger partial charge < -0.3 is 4.74 Å². The van der Waals surface area contributed by atoms with E-state index >= 15 is 0 Å². The molecular formula is C11H17F5O. The Kier molecular flexibility index (Phi) is 7.91. The molecule has 0 aromatic rings. The lowest BCUT2D eigenvalue weighted by molar-refractivity contribution is -0.155. The van der Waals surface area contributed by atoms with Crippen LogP contribution in [-0.2, 0) is 4.74 Å². The lowest BCUT2D eigenvalue weighted by atomic mass is 10.1. The van der Waals surface area contributed by atoms with Crippen LogP contribution in [0.3, 0.4) is 0 Å². The highest BCUT2D eigenvalue weighted by molar-refractivity contribution is 4.76. The van der Waals surface area contributed by atoms with E-state index in [-0.39, 0.29) is 0 Å². The van der Waals surface area contributed by atoms with E-state index in [1.807, 2.05) is 0 Å². The molecule has 1 unspecified atom stereocenters. The van der Waals surface area contributed by atoms with E-state index in [1.165, 1.54) is 13.0 Å². The van der Waals surface area contributed by atoms with Crippen molar-refractivity contribution in [3.63, 3.8) is 0 Å². The molecule has 0 aromatic carbocycles. The van der Waals surface area contributed by atoms with E-state index in [1.54, 1.807) is 0 Å². The fourth-order valence-electron chi connectivity index (χ4n) is 1.05. The van der Waals surface area contributed by atoms with Gasteiger partial charge in [-0.05, 0) is 32.3 Å². The minimum atomic E-state index is -4.12. The molecule has 0 aromatic heterocycles. The fourth-order valence-corrected chi connectivity index (χ4v) is 1.05. The van der Waals surface area contributed by atoms with Gasteiger partial charge >= 0.3 is 12.3 Å². The molecule has 0 aliphatic heterocycles. The monoisotopic (exact) mass is 260 g/mol. The van der Waals surface area contributed by atoms with Crippen LogP contribution in [0.4, 0.5) is 22.0 Å². The maximum absolute atomic E-state index is 12.3. The van der Waals surface area contributed by atoms with Gasteiger partial charge in [-0.3, -0.25) is 0 Å². The standard InChI is InChI=1S/C11H17F5O/c1-9(12)6-4-2-3-5-7-17-8-11(15,16)10(13)14/h5,7,9-10H,2-4,6,8H2,1H3. The van der Waals surface area contributed by atoms with Crippen molar-refractivity contribution in [2.75, 3.05) is 6.61 Å². The Morgan fingerprint density at radius 2 is 1.82 bits per heavy atom. The number of alkyl halides is 5. The van der Waals surface area contributed by atoms with Crippen molar-refractivity contribution in [2.24, 2.45) is 0 Å². The van der Waals surface area contributed by atoms with Crippen molar-refractivity contribution in [2.45, 2.75) is 51.1 Å². The van der Waals surface area contributed by atoms with Gasteiger partial charge in [0.25, 0.3) is 0 Å². The largest absolute Gasteiger partial charge is 0.495 e. The molecule has 0 spiro atoms. The van der Waals surface area contributed by atoms with Crippen LogP contribution in [0.1, 0.15) is 32.6 Å². The van der Waals surface area contributed by atoms with Crippen molar-refractivity contribution >= 4 is 0 Å². The molecule has 0 amide bonds. The first kappa shape index (κ1) is 16.2. The second-order valence-electron chi connectivity index (χ2n) is 3.81. The van der Waals surface area contributed by atoms with Crippen molar-refractivity contribution in [1.29, 1.82) is 0 Å². The van der Waals surface area contributed by atoms with Crippen molar-refractivity contribution in [3.05, 3.63) is 12.3 Å². The molecule has 0 heterocycles. The summed E-state index contributed by atoms with van der Waals surface area (Å²) in [6.45, 7) is 0.133. The van der Waals surface area contributed by atoms with E-state index in [0.29, 0.717) is 25.7 Å². The molecule has 0 radical (unpaired) electrons. The second kappa shape index (κ2) is 8.31. The Hall–Kier alpha value is -0.810. The number of allylic oxidation sites excluding steroid dienone is 1.